The molecule has 10 rings (SSSR count). The second-order valence-electron chi connectivity index (χ2n) is 30.3. The third-order valence-corrected chi connectivity index (χ3v) is 22.1. The fourth-order valence-corrected chi connectivity index (χ4v) is 15.4. The Morgan fingerprint density at radius 2 is 0.450 bits per heavy atom. The molecule has 1 unspecified atom stereocenters. The van der Waals surface area contributed by atoms with Gasteiger partial charge in [-0.2, -0.15) is 0 Å². The zero-order valence-corrected chi connectivity index (χ0v) is 63.9. The number of carbonyl (C=O) groups is 3. The van der Waals surface area contributed by atoms with E-state index in [-0.39, 0.29) is 0 Å². The first-order valence-electron chi connectivity index (χ1n) is 38.2. The van der Waals surface area contributed by atoms with Crippen LogP contribution in [0.15, 0.2) is 0 Å². The summed E-state index contributed by atoms with van der Waals surface area (Å²) < 4.78 is 111. The van der Waals surface area contributed by atoms with Crippen LogP contribution in [0.25, 0.3) is 0 Å². The fraction of sp³-hybridized carbons (Fsp3) is 0.955. The average Bonchev–Trinajstić information content (AvgIpc) is 0.736. The highest BCUT2D eigenvalue weighted by Gasteiger charge is 2.62. The molecule has 0 bridgehead atoms. The topological polar surface area (TPSA) is 849 Å². The number of carbonyl (C=O) groups excluding carboxylic acids is 3. The molecule has 50 atom stereocenters. The fourth-order valence-electron chi connectivity index (χ4n) is 15.4. The van der Waals surface area contributed by atoms with Crippen LogP contribution in [0, 0.1) is 0 Å². The second kappa shape index (κ2) is 43.1. The van der Waals surface area contributed by atoms with Crippen molar-refractivity contribution >= 4 is 17.7 Å². The molecule has 0 aromatic carbocycles. The lowest BCUT2D eigenvalue weighted by Crippen LogP contribution is -2.71. The highest BCUT2D eigenvalue weighted by Crippen LogP contribution is 2.41. The molecule has 10 heterocycles. The van der Waals surface area contributed by atoms with Gasteiger partial charge in [0.2, 0.25) is 17.7 Å². The molecule has 0 aromatic rings. The van der Waals surface area contributed by atoms with Gasteiger partial charge in [0.25, 0.3) is 0 Å². The van der Waals surface area contributed by atoms with E-state index in [0.717, 1.165) is 20.8 Å². The summed E-state index contributed by atoms with van der Waals surface area (Å²) in [7, 11) is 0. The summed E-state index contributed by atoms with van der Waals surface area (Å²) in [5.74, 6) is -2.78. The number of hydrogen-bond donors (Lipinski definition) is 32. The minimum atomic E-state index is -2.62. The summed E-state index contributed by atoms with van der Waals surface area (Å²) in [5, 5.41) is 328. The molecule has 10 aliphatic rings. The van der Waals surface area contributed by atoms with E-state index >= 15 is 0 Å². The Hall–Kier alpha value is -3.51. The van der Waals surface area contributed by atoms with Crippen LogP contribution in [0.1, 0.15) is 20.8 Å². The molecule has 32 N–H and O–H groups in total. The lowest BCUT2D eigenvalue weighted by atomic mass is 9.93. The molecule has 10 aliphatic heterocycles. The summed E-state index contributed by atoms with van der Waals surface area (Å²) in [6.45, 7) is -8.18. The van der Waals surface area contributed by atoms with Crippen molar-refractivity contribution in [1.29, 1.82) is 0 Å². The molecular weight excluding hydrogens is 1650 g/mol. The molecule has 54 nitrogen and oxygen atoms in total. The van der Waals surface area contributed by atoms with Gasteiger partial charge in [-0.25, -0.2) is 0 Å². The molecule has 54 heteroatoms. The molecule has 0 spiro atoms. The normalized spacial score (nSPS) is 50.4. The average molecular weight is 1760 g/mol. The van der Waals surface area contributed by atoms with Gasteiger partial charge in [0.15, 0.2) is 62.9 Å². The Balaban J connectivity index is 0.971. The number of aliphatic hydroxyl groups is 29. The minimum Gasteiger partial charge on any atom is -0.394 e. The van der Waals surface area contributed by atoms with Crippen molar-refractivity contribution < 1.29 is 252 Å². The number of hydrogen-bond acceptors (Lipinski definition) is 51. The van der Waals surface area contributed by atoms with Crippen molar-refractivity contribution in [3.63, 3.8) is 0 Å². The maximum Gasteiger partial charge on any atom is 0.217 e. The van der Waals surface area contributed by atoms with Crippen molar-refractivity contribution in [1.82, 2.24) is 16.0 Å². The summed E-state index contributed by atoms with van der Waals surface area (Å²) >= 11 is 0. The van der Waals surface area contributed by atoms with E-state index in [1.807, 2.05) is 0 Å². The first-order chi connectivity index (χ1) is 56.8. The van der Waals surface area contributed by atoms with Gasteiger partial charge in [0.05, 0.1) is 66.1 Å². The Morgan fingerprint density at radius 3 is 0.825 bits per heavy atom. The van der Waals surface area contributed by atoms with Crippen LogP contribution in [0.3, 0.4) is 0 Å². The second-order valence-corrected chi connectivity index (χ2v) is 30.3. The van der Waals surface area contributed by atoms with E-state index < -0.39 is 391 Å². The molecule has 120 heavy (non-hydrogen) atoms. The summed E-state index contributed by atoms with van der Waals surface area (Å²) in [5.41, 5.74) is 0. The monoisotopic (exact) mass is 1760 g/mol. The Bertz CT molecular complexity index is 3180. The summed E-state index contributed by atoms with van der Waals surface area (Å²) in [6.07, 6.45) is -99.6. The standard InChI is InChI=1S/C66H111N3O51/c1-14(78)67-27-37(88)50(22(9-75)104-57(27)101)114-58-28(68-15(2)79)38(89)52(23(10-76)110-58)116-65-49(100)55(36(87)26(113-65)13-103-61-47(98)54(118-63-46(97)42(93)32(83)19(6-72)107-63)35(86)25(112-61)12-102-60-44(95)40(91)30(81)17(4-70)105-60)119-66-56(43(94)33(84)20(7-73)109-66)120-59-29(69-16(3)80)39(90)51(24(11-77)111-59)115-64-48(99)53(34(85)21(8-74)108-64)117-62-45(96)41(92)31(82)18(5-71)106-62/h17-66,70-77,81-101H,4-13H2,1-3H3,(H,67,78)(H,68,79)(H,69,80)/t17-,18-,19-,20-,21-,22-,23-,24-,25-,26-,27-,28-,29-,30-,31+,32-,33-,34+,35-,36-,37-,38-,39-,40+,41+,42+,43+,44+,45-,46+,47+,48-,49+,50-,51-,52-,53+,54+,55+,56+,57?,58+,59+,60+,61+,62-,63-,64+,65+,66-/m1/s1. The van der Waals surface area contributed by atoms with Crippen LogP contribution in [0.5, 0.6) is 0 Å². The molecule has 0 saturated carbocycles. The number of amides is 3. The van der Waals surface area contributed by atoms with Crippen LogP contribution >= 0.6 is 0 Å². The summed E-state index contributed by atoms with van der Waals surface area (Å²) in [6, 6.07) is -5.68. The SMILES string of the molecule is CC(=O)N[C@H]1[C@H](O[C@H]2[C@H](O)[C@@H](NC(C)=O)C(O)O[C@@H]2CO)O[C@H](CO)[C@@H](O[C@@H]2O[C@H](CO[C@H]3O[C@H](CO[C@H]4O[C@H](CO)[C@@H](O)[C@H](O)[C@@H]4O)[C@@H](O)[C@H](O[C@H]4O[C@H](CO)[C@@H](O)[C@H](O)[C@@H]4O)[C@@H]3O)[C@@H](O)[C@H](O[C@H]3O[C@H](CO)[C@@H](O)[C@H](O)[C@@H]3O[C@@H]3O[C@H](CO)[C@@H](O[C@@H]4O[C@H](CO)[C@H](O)[C@H](O[C@H]5O[C@H](CO)[C@H](O)[C@H](O)[C@H]5O)[C@H]4O)[C@H](O)[C@H]3NC(C)=O)[C@@H]2O)[C@@H]1O. The van der Waals surface area contributed by atoms with Crippen LogP contribution < -0.4 is 16.0 Å². The van der Waals surface area contributed by atoms with Gasteiger partial charge >= 0.3 is 0 Å². The van der Waals surface area contributed by atoms with Crippen LogP contribution in [0.4, 0.5) is 0 Å². The predicted octanol–water partition coefficient (Wildman–Crippen LogP) is -22.4. The van der Waals surface area contributed by atoms with Crippen molar-refractivity contribution in [2.75, 3.05) is 66.1 Å². The molecule has 10 saturated heterocycles. The minimum absolute atomic E-state index is 0.802. The predicted molar refractivity (Wildman–Crippen MR) is 364 cm³/mol. The zero-order valence-electron chi connectivity index (χ0n) is 63.9. The van der Waals surface area contributed by atoms with E-state index in [9.17, 15) is 162 Å². The lowest BCUT2D eigenvalue weighted by molar-refractivity contribution is -0.400. The number of nitrogens with one attached hydrogen (secondary N) is 3. The largest absolute Gasteiger partial charge is 0.394 e. The molecule has 10 fully saturated rings. The molecular formula is C66H111N3O51. The van der Waals surface area contributed by atoms with Crippen LogP contribution in [-0.4, -0.2) is 539 Å². The number of aliphatic hydroxyl groups excluding tert-OH is 29. The Labute approximate surface area is 678 Å². The number of rotatable bonds is 31. The Kier molecular flexibility index (Phi) is 35.4. The smallest absolute Gasteiger partial charge is 0.217 e. The molecule has 0 aromatic heterocycles. The van der Waals surface area contributed by atoms with E-state index in [2.05, 4.69) is 16.0 Å². The molecule has 0 radical (unpaired) electrons. The maximum absolute atomic E-state index is 13.1. The van der Waals surface area contributed by atoms with Gasteiger partial charge in [-0.3, -0.25) is 14.4 Å². The van der Waals surface area contributed by atoms with Crippen molar-refractivity contribution in [2.45, 2.75) is 328 Å². The molecule has 696 valence electrons. The third kappa shape index (κ3) is 21.4. The van der Waals surface area contributed by atoms with Crippen molar-refractivity contribution in [3.05, 3.63) is 0 Å². The van der Waals surface area contributed by atoms with Gasteiger partial charge in [-0.1, -0.05) is 0 Å². The Morgan fingerprint density at radius 1 is 0.217 bits per heavy atom. The van der Waals surface area contributed by atoms with Gasteiger partial charge in [-0.05, 0) is 0 Å². The first-order valence-corrected chi connectivity index (χ1v) is 38.2. The first kappa shape index (κ1) is 98.7. The van der Waals surface area contributed by atoms with Crippen molar-refractivity contribution in [2.24, 2.45) is 0 Å². The van der Waals surface area contributed by atoms with E-state index in [1.54, 1.807) is 0 Å². The van der Waals surface area contributed by atoms with E-state index in [1.165, 1.54) is 0 Å². The van der Waals surface area contributed by atoms with Gasteiger partial charge in [-0.15, -0.1) is 0 Å². The zero-order chi connectivity index (χ0) is 88.2. The summed E-state index contributed by atoms with van der Waals surface area (Å²) in [4.78, 5) is 38.3. The van der Waals surface area contributed by atoms with Crippen molar-refractivity contribution in [3.8, 4) is 0 Å². The van der Waals surface area contributed by atoms with E-state index in [0.29, 0.717) is 0 Å². The highest BCUT2D eigenvalue weighted by molar-refractivity contribution is 5.74. The maximum atomic E-state index is 13.1. The van der Waals surface area contributed by atoms with Crippen LogP contribution in [-0.2, 0) is 104 Å². The van der Waals surface area contributed by atoms with Gasteiger partial charge in [0, 0.05) is 20.8 Å². The highest BCUT2D eigenvalue weighted by atomic mass is 16.8. The molecule has 0 aliphatic carbocycles. The number of ether oxygens (including phenoxy) is 19. The van der Waals surface area contributed by atoms with Crippen LogP contribution in [0.2, 0.25) is 0 Å². The quantitative estimate of drug-likeness (QED) is 0.0306. The van der Waals surface area contributed by atoms with Gasteiger partial charge in [0.1, 0.15) is 244 Å². The molecule has 3 amide bonds. The third-order valence-electron chi connectivity index (χ3n) is 22.1. The lowest BCUT2D eigenvalue weighted by Gasteiger charge is -2.51. The van der Waals surface area contributed by atoms with E-state index in [4.69, 9.17) is 90.0 Å². The van der Waals surface area contributed by atoms with Gasteiger partial charge < -0.3 is 254 Å².